The lowest BCUT2D eigenvalue weighted by Crippen LogP contribution is -2.28. The summed E-state index contributed by atoms with van der Waals surface area (Å²) in [6.07, 6.45) is 6.71. The molecule has 3 heterocycles. The maximum Gasteiger partial charge on any atom is 0.198 e. The van der Waals surface area contributed by atoms with Gasteiger partial charge in [0.1, 0.15) is 6.26 Å². The Morgan fingerprint density at radius 3 is 2.71 bits per heavy atom. The second-order valence-electron chi connectivity index (χ2n) is 5.18. The van der Waals surface area contributed by atoms with Crippen molar-refractivity contribution < 1.29 is 4.42 Å². The van der Waals surface area contributed by atoms with Crippen molar-refractivity contribution in [3.63, 3.8) is 0 Å². The fraction of sp³-hybridized carbons (Fsp3) is 0.769. The molecule has 1 atom stereocenters. The molecule has 0 saturated carbocycles. The van der Waals surface area contributed by atoms with Gasteiger partial charge in [0.15, 0.2) is 5.89 Å². The Kier molecular flexibility index (Phi) is 3.43. The molecule has 0 aliphatic carbocycles. The van der Waals surface area contributed by atoms with E-state index < -0.39 is 0 Å². The standard InChI is InChI=1S/C13H21N3O/c1-2-11(8-15-5-1)13-16-12(9-17-13)10-3-6-14-7-4-10/h9-11,14-15H,1-8H2. The number of hydrogen-bond acceptors (Lipinski definition) is 4. The van der Waals surface area contributed by atoms with Gasteiger partial charge in [-0.15, -0.1) is 0 Å². The Labute approximate surface area is 102 Å². The van der Waals surface area contributed by atoms with Crippen LogP contribution in [0.2, 0.25) is 0 Å². The molecular formula is C13H21N3O. The lowest BCUT2D eigenvalue weighted by Gasteiger charge is -2.21. The SMILES string of the molecule is c1oc(C2CCCNC2)nc1C1CCNCC1. The molecule has 2 fully saturated rings. The van der Waals surface area contributed by atoms with Gasteiger partial charge in [-0.05, 0) is 45.3 Å². The fourth-order valence-corrected chi connectivity index (χ4v) is 2.86. The van der Waals surface area contributed by atoms with Crippen LogP contribution in [0.4, 0.5) is 0 Å². The van der Waals surface area contributed by atoms with Gasteiger partial charge in [-0.25, -0.2) is 4.98 Å². The lowest BCUT2D eigenvalue weighted by molar-refractivity contribution is 0.376. The highest BCUT2D eigenvalue weighted by atomic mass is 16.3. The van der Waals surface area contributed by atoms with Gasteiger partial charge in [0.25, 0.3) is 0 Å². The fourth-order valence-electron chi connectivity index (χ4n) is 2.86. The quantitative estimate of drug-likeness (QED) is 0.817. The summed E-state index contributed by atoms with van der Waals surface area (Å²) >= 11 is 0. The Morgan fingerprint density at radius 2 is 1.94 bits per heavy atom. The van der Waals surface area contributed by atoms with Gasteiger partial charge < -0.3 is 15.1 Å². The highest BCUT2D eigenvalue weighted by Gasteiger charge is 2.23. The number of aromatic nitrogens is 1. The van der Waals surface area contributed by atoms with E-state index in [1.165, 1.54) is 31.4 Å². The van der Waals surface area contributed by atoms with Gasteiger partial charge in [-0.3, -0.25) is 0 Å². The summed E-state index contributed by atoms with van der Waals surface area (Å²) in [4.78, 5) is 4.72. The van der Waals surface area contributed by atoms with Crippen LogP contribution in [-0.2, 0) is 0 Å². The van der Waals surface area contributed by atoms with Crippen molar-refractivity contribution in [2.24, 2.45) is 0 Å². The third kappa shape index (κ3) is 2.53. The number of rotatable bonds is 2. The zero-order valence-corrected chi connectivity index (χ0v) is 10.2. The first-order chi connectivity index (χ1) is 8.43. The van der Waals surface area contributed by atoms with Crippen molar-refractivity contribution in [1.29, 1.82) is 0 Å². The van der Waals surface area contributed by atoms with E-state index in [0.29, 0.717) is 11.8 Å². The van der Waals surface area contributed by atoms with Crippen LogP contribution in [0.5, 0.6) is 0 Å². The summed E-state index contributed by atoms with van der Waals surface area (Å²) in [5.74, 6) is 2.04. The Balaban J connectivity index is 1.68. The first-order valence-corrected chi connectivity index (χ1v) is 6.80. The molecule has 0 aromatic carbocycles. The summed E-state index contributed by atoms with van der Waals surface area (Å²) in [6, 6.07) is 0. The lowest BCUT2D eigenvalue weighted by atomic mass is 9.95. The molecule has 2 aliphatic heterocycles. The first kappa shape index (κ1) is 11.2. The van der Waals surface area contributed by atoms with E-state index in [1.54, 1.807) is 0 Å². The smallest absolute Gasteiger partial charge is 0.198 e. The zero-order chi connectivity index (χ0) is 11.5. The van der Waals surface area contributed by atoms with Crippen LogP contribution in [0.1, 0.15) is 49.1 Å². The largest absolute Gasteiger partial charge is 0.448 e. The molecule has 94 valence electrons. The third-order valence-electron chi connectivity index (χ3n) is 3.94. The molecule has 1 aromatic heterocycles. The van der Waals surface area contributed by atoms with E-state index in [-0.39, 0.29) is 0 Å². The van der Waals surface area contributed by atoms with E-state index in [9.17, 15) is 0 Å². The minimum absolute atomic E-state index is 0.485. The summed E-state index contributed by atoms with van der Waals surface area (Å²) in [5, 5.41) is 6.80. The molecular weight excluding hydrogens is 214 g/mol. The number of nitrogens with zero attached hydrogens (tertiary/aromatic N) is 1. The highest BCUT2D eigenvalue weighted by molar-refractivity contribution is 5.08. The zero-order valence-electron chi connectivity index (χ0n) is 10.2. The molecule has 0 spiro atoms. The third-order valence-corrected chi connectivity index (χ3v) is 3.94. The van der Waals surface area contributed by atoms with Crippen molar-refractivity contribution >= 4 is 0 Å². The van der Waals surface area contributed by atoms with Crippen molar-refractivity contribution in [3.8, 4) is 0 Å². The summed E-state index contributed by atoms with van der Waals surface area (Å²) in [6.45, 7) is 4.38. The van der Waals surface area contributed by atoms with Gasteiger partial charge in [0.05, 0.1) is 5.69 Å². The van der Waals surface area contributed by atoms with Crippen LogP contribution in [-0.4, -0.2) is 31.2 Å². The minimum atomic E-state index is 0.485. The van der Waals surface area contributed by atoms with Gasteiger partial charge in [-0.2, -0.15) is 0 Å². The number of nitrogens with one attached hydrogen (secondary N) is 2. The predicted octanol–water partition coefficient (Wildman–Crippen LogP) is 1.61. The van der Waals surface area contributed by atoms with Gasteiger partial charge in [0.2, 0.25) is 0 Å². The number of hydrogen-bond donors (Lipinski definition) is 2. The molecule has 0 bridgehead atoms. The van der Waals surface area contributed by atoms with Crippen LogP contribution in [0, 0.1) is 0 Å². The second-order valence-corrected chi connectivity index (χ2v) is 5.18. The molecule has 3 rings (SSSR count). The second kappa shape index (κ2) is 5.19. The highest BCUT2D eigenvalue weighted by Crippen LogP contribution is 2.28. The Hall–Kier alpha value is -0.870. The van der Waals surface area contributed by atoms with E-state index in [4.69, 9.17) is 9.40 Å². The van der Waals surface area contributed by atoms with Gasteiger partial charge >= 0.3 is 0 Å². The summed E-state index contributed by atoms with van der Waals surface area (Å²) < 4.78 is 5.69. The van der Waals surface area contributed by atoms with Gasteiger partial charge in [-0.1, -0.05) is 0 Å². The summed E-state index contributed by atoms with van der Waals surface area (Å²) in [7, 11) is 0. The molecule has 0 radical (unpaired) electrons. The molecule has 17 heavy (non-hydrogen) atoms. The maximum absolute atomic E-state index is 5.69. The molecule has 1 aromatic rings. The first-order valence-electron chi connectivity index (χ1n) is 6.80. The molecule has 2 N–H and O–H groups in total. The van der Waals surface area contributed by atoms with Crippen molar-refractivity contribution in [2.75, 3.05) is 26.2 Å². The van der Waals surface area contributed by atoms with E-state index in [2.05, 4.69) is 10.6 Å². The molecule has 4 nitrogen and oxygen atoms in total. The molecule has 2 aliphatic rings. The average Bonchev–Trinajstić information content (AvgIpc) is 2.90. The maximum atomic E-state index is 5.69. The van der Waals surface area contributed by atoms with Crippen molar-refractivity contribution in [2.45, 2.75) is 37.5 Å². The van der Waals surface area contributed by atoms with Crippen molar-refractivity contribution in [3.05, 3.63) is 17.8 Å². The topological polar surface area (TPSA) is 50.1 Å². The van der Waals surface area contributed by atoms with Gasteiger partial charge in [0, 0.05) is 18.4 Å². The summed E-state index contributed by atoms with van der Waals surface area (Å²) in [5.41, 5.74) is 1.17. The van der Waals surface area contributed by atoms with Crippen LogP contribution in [0.15, 0.2) is 10.7 Å². The Bertz CT molecular complexity index is 319. The molecule has 1 unspecified atom stereocenters. The monoisotopic (exact) mass is 235 g/mol. The Morgan fingerprint density at radius 1 is 1.06 bits per heavy atom. The van der Waals surface area contributed by atoms with Crippen LogP contribution < -0.4 is 10.6 Å². The molecule has 2 saturated heterocycles. The van der Waals surface area contributed by atoms with E-state index in [1.807, 2.05) is 6.26 Å². The van der Waals surface area contributed by atoms with Crippen LogP contribution >= 0.6 is 0 Å². The van der Waals surface area contributed by atoms with E-state index >= 15 is 0 Å². The number of piperidine rings is 2. The van der Waals surface area contributed by atoms with E-state index in [0.717, 1.165) is 32.1 Å². The molecule has 0 amide bonds. The average molecular weight is 235 g/mol. The van der Waals surface area contributed by atoms with Crippen LogP contribution in [0.25, 0.3) is 0 Å². The number of oxazole rings is 1. The predicted molar refractivity (Wildman–Crippen MR) is 66.2 cm³/mol. The normalized spacial score (nSPS) is 27.2. The molecule has 4 heteroatoms. The van der Waals surface area contributed by atoms with Crippen LogP contribution in [0.3, 0.4) is 0 Å². The minimum Gasteiger partial charge on any atom is -0.448 e. The van der Waals surface area contributed by atoms with Crippen molar-refractivity contribution in [1.82, 2.24) is 15.6 Å².